The number of methoxy groups -OCH3 is 1. The van der Waals surface area contributed by atoms with E-state index in [1.54, 1.807) is 7.11 Å². The number of rotatable bonds is 3. The minimum Gasteiger partial charge on any atom is -1.00 e. The first kappa shape index (κ1) is 16.3. The number of ether oxygens (including phenoxy) is 1. The Morgan fingerprint density at radius 2 is 1.54 bits per heavy atom. The molecule has 0 bridgehead atoms. The van der Waals surface area contributed by atoms with Crippen molar-refractivity contribution in [3.8, 4) is 22.7 Å². The highest BCUT2D eigenvalue weighted by molar-refractivity contribution is 5.60. The van der Waals surface area contributed by atoms with Crippen molar-refractivity contribution in [1.82, 2.24) is 4.57 Å². The number of hydrogen-bond acceptors (Lipinski definition) is 1. The normalized spacial score (nSPS) is 10.4. The number of halogens is 1. The zero-order valence-corrected chi connectivity index (χ0v) is 14.8. The standard InChI is InChI=1S/C20H17N2O.BrH/c1-23-18-12-10-16(11-13-18)19-15-22(17-7-3-2-4-8-17)20-9-5-6-14-21(19)20;/h2-15H,1H3;1H/q+1;/p-1. The van der Waals surface area contributed by atoms with E-state index < -0.39 is 0 Å². The summed E-state index contributed by atoms with van der Waals surface area (Å²) in [5.74, 6) is 0.866. The van der Waals surface area contributed by atoms with E-state index in [9.17, 15) is 0 Å². The van der Waals surface area contributed by atoms with Crippen molar-refractivity contribution in [2.45, 2.75) is 0 Å². The van der Waals surface area contributed by atoms with Crippen LogP contribution in [-0.4, -0.2) is 11.7 Å². The van der Waals surface area contributed by atoms with Crippen molar-refractivity contribution in [2.24, 2.45) is 0 Å². The smallest absolute Gasteiger partial charge is 0.291 e. The molecule has 0 N–H and O–H groups in total. The van der Waals surface area contributed by atoms with Gasteiger partial charge in [0.25, 0.3) is 5.65 Å². The van der Waals surface area contributed by atoms with E-state index in [0.717, 1.165) is 28.3 Å². The number of nitrogens with zero attached hydrogens (tertiary/aromatic N) is 2. The molecular formula is C20H17BrN2O. The first-order chi connectivity index (χ1) is 11.4. The zero-order valence-electron chi connectivity index (χ0n) is 13.3. The van der Waals surface area contributed by atoms with Gasteiger partial charge >= 0.3 is 0 Å². The second kappa shape index (κ2) is 6.89. The minimum absolute atomic E-state index is 0. The third-order valence-electron chi connectivity index (χ3n) is 4.02. The Labute approximate surface area is 151 Å². The molecule has 0 aliphatic carbocycles. The first-order valence-corrected chi connectivity index (χ1v) is 7.58. The molecule has 3 nitrogen and oxygen atoms in total. The maximum atomic E-state index is 5.26. The molecule has 0 unspecified atom stereocenters. The molecule has 0 radical (unpaired) electrons. The Hall–Kier alpha value is -2.59. The molecule has 2 heterocycles. The summed E-state index contributed by atoms with van der Waals surface area (Å²) < 4.78 is 9.67. The van der Waals surface area contributed by atoms with Crippen LogP contribution in [0.25, 0.3) is 22.6 Å². The third-order valence-corrected chi connectivity index (χ3v) is 4.02. The summed E-state index contributed by atoms with van der Waals surface area (Å²) >= 11 is 0. The van der Waals surface area contributed by atoms with Gasteiger partial charge in [0.15, 0.2) is 5.69 Å². The number of para-hydroxylation sites is 1. The van der Waals surface area contributed by atoms with Crippen molar-refractivity contribution in [1.29, 1.82) is 0 Å². The quantitative estimate of drug-likeness (QED) is 0.483. The molecule has 0 saturated carbocycles. The van der Waals surface area contributed by atoms with Crippen LogP contribution >= 0.6 is 0 Å². The Bertz CT molecular complexity index is 946. The number of pyridine rings is 1. The molecule has 0 fully saturated rings. The largest absolute Gasteiger partial charge is 1.00 e. The molecule has 24 heavy (non-hydrogen) atoms. The van der Waals surface area contributed by atoms with Gasteiger partial charge in [-0.3, -0.25) is 0 Å². The highest BCUT2D eigenvalue weighted by Gasteiger charge is 2.18. The molecule has 0 saturated heterocycles. The topological polar surface area (TPSA) is 18.3 Å². The van der Waals surface area contributed by atoms with Crippen LogP contribution in [0.3, 0.4) is 0 Å². The number of fused-ring (bicyclic) bond motifs is 1. The lowest BCUT2D eigenvalue weighted by molar-refractivity contribution is -0.498. The number of hydrogen-bond donors (Lipinski definition) is 0. The highest BCUT2D eigenvalue weighted by atomic mass is 79.9. The average molecular weight is 381 g/mol. The summed E-state index contributed by atoms with van der Waals surface area (Å²) in [7, 11) is 1.69. The van der Waals surface area contributed by atoms with Gasteiger partial charge in [-0.1, -0.05) is 24.3 Å². The SMILES string of the molecule is COc1ccc(-c2cn(-c3ccccc3)c3cccc[n+]23)cc1.[Br-]. The molecule has 0 atom stereocenters. The van der Waals surface area contributed by atoms with Crippen molar-refractivity contribution in [2.75, 3.05) is 7.11 Å². The van der Waals surface area contributed by atoms with E-state index in [2.05, 4.69) is 76.0 Å². The first-order valence-electron chi connectivity index (χ1n) is 7.58. The highest BCUT2D eigenvalue weighted by Crippen LogP contribution is 2.23. The van der Waals surface area contributed by atoms with Gasteiger partial charge in [-0.05, 0) is 42.5 Å². The zero-order chi connectivity index (χ0) is 15.6. The maximum Gasteiger partial charge on any atom is 0.291 e. The van der Waals surface area contributed by atoms with Crippen molar-refractivity contribution >= 4 is 5.65 Å². The van der Waals surface area contributed by atoms with E-state index >= 15 is 0 Å². The van der Waals surface area contributed by atoms with Crippen LogP contribution in [-0.2, 0) is 0 Å². The lowest BCUT2D eigenvalue weighted by Crippen LogP contribution is -3.00. The van der Waals surface area contributed by atoms with Crippen LogP contribution in [0.1, 0.15) is 0 Å². The molecule has 2 aromatic heterocycles. The summed E-state index contributed by atoms with van der Waals surface area (Å²) in [4.78, 5) is 0. The van der Waals surface area contributed by atoms with E-state index in [0.29, 0.717) is 0 Å². The maximum absolute atomic E-state index is 5.26. The van der Waals surface area contributed by atoms with Crippen molar-refractivity contribution in [3.63, 3.8) is 0 Å². The van der Waals surface area contributed by atoms with Gasteiger partial charge in [-0.15, -0.1) is 0 Å². The summed E-state index contributed by atoms with van der Waals surface area (Å²) in [6, 6.07) is 24.8. The predicted molar refractivity (Wildman–Crippen MR) is 90.9 cm³/mol. The Balaban J connectivity index is 0.00000169. The van der Waals surface area contributed by atoms with Gasteiger partial charge in [-0.2, -0.15) is 8.97 Å². The molecule has 0 aliphatic rings. The van der Waals surface area contributed by atoms with Gasteiger partial charge in [0.2, 0.25) is 0 Å². The fourth-order valence-electron chi connectivity index (χ4n) is 2.86. The monoisotopic (exact) mass is 380 g/mol. The van der Waals surface area contributed by atoms with Crippen LogP contribution in [0.15, 0.2) is 85.2 Å². The number of benzene rings is 2. The van der Waals surface area contributed by atoms with Crippen LogP contribution in [0, 0.1) is 0 Å². The summed E-state index contributed by atoms with van der Waals surface area (Å²) in [6.07, 6.45) is 4.26. The summed E-state index contributed by atoms with van der Waals surface area (Å²) in [5.41, 5.74) is 4.58. The van der Waals surface area contributed by atoms with Gasteiger partial charge < -0.3 is 21.7 Å². The molecular weight excluding hydrogens is 364 g/mol. The average Bonchev–Trinajstić information content (AvgIpc) is 3.02. The van der Waals surface area contributed by atoms with Crippen molar-refractivity contribution in [3.05, 3.63) is 85.2 Å². The van der Waals surface area contributed by atoms with Crippen LogP contribution in [0.5, 0.6) is 5.75 Å². The summed E-state index contributed by atoms with van der Waals surface area (Å²) in [5, 5.41) is 0. The number of aromatic nitrogens is 2. The van der Waals surface area contributed by atoms with Crippen LogP contribution in [0.2, 0.25) is 0 Å². The second-order valence-electron chi connectivity index (χ2n) is 5.38. The fourth-order valence-corrected chi connectivity index (χ4v) is 2.86. The van der Waals surface area contributed by atoms with E-state index in [1.165, 1.54) is 0 Å². The van der Waals surface area contributed by atoms with Crippen LogP contribution < -0.4 is 26.1 Å². The number of imidazole rings is 1. The van der Waals surface area contributed by atoms with Gasteiger partial charge in [0, 0.05) is 11.6 Å². The summed E-state index contributed by atoms with van der Waals surface area (Å²) in [6.45, 7) is 0. The second-order valence-corrected chi connectivity index (χ2v) is 5.38. The lowest BCUT2D eigenvalue weighted by atomic mass is 10.1. The molecule has 4 rings (SSSR count). The van der Waals surface area contributed by atoms with Crippen LogP contribution in [0.4, 0.5) is 0 Å². The Kier molecular flexibility index (Phi) is 4.67. The molecule has 120 valence electrons. The van der Waals surface area contributed by atoms with Crippen molar-refractivity contribution < 1.29 is 26.1 Å². The van der Waals surface area contributed by atoms with Gasteiger partial charge in [0.1, 0.15) is 17.6 Å². The van der Waals surface area contributed by atoms with Gasteiger partial charge in [0.05, 0.1) is 13.3 Å². The lowest BCUT2D eigenvalue weighted by Gasteiger charge is -2.00. The Morgan fingerprint density at radius 1 is 0.833 bits per heavy atom. The third kappa shape index (κ3) is 2.81. The predicted octanol–water partition coefficient (Wildman–Crippen LogP) is 0.896. The minimum atomic E-state index is 0. The fraction of sp³-hybridized carbons (Fsp3) is 0.0500. The molecule has 2 aromatic carbocycles. The molecule has 0 aliphatic heterocycles. The van der Waals surface area contributed by atoms with Gasteiger partial charge in [-0.25, -0.2) is 0 Å². The van der Waals surface area contributed by atoms with E-state index in [1.807, 2.05) is 18.2 Å². The molecule has 4 aromatic rings. The molecule has 0 spiro atoms. The molecule has 0 amide bonds. The van der Waals surface area contributed by atoms with E-state index in [-0.39, 0.29) is 17.0 Å². The molecule has 4 heteroatoms. The van der Waals surface area contributed by atoms with E-state index in [4.69, 9.17) is 4.74 Å². The Morgan fingerprint density at radius 3 is 2.25 bits per heavy atom.